The van der Waals surface area contributed by atoms with Crippen LogP contribution < -0.4 is 0 Å². The van der Waals surface area contributed by atoms with Gasteiger partial charge in [0.05, 0.1) is 0 Å². The quantitative estimate of drug-likeness (QED) is 0.0262. The summed E-state index contributed by atoms with van der Waals surface area (Å²) in [5.74, 6) is -0.868. The Labute approximate surface area is 418 Å². The van der Waals surface area contributed by atoms with E-state index >= 15 is 0 Å². The van der Waals surface area contributed by atoms with Gasteiger partial charge in [-0.2, -0.15) is 0 Å². The highest BCUT2D eigenvalue weighted by molar-refractivity contribution is 5.71. The van der Waals surface area contributed by atoms with E-state index in [1.165, 1.54) is 238 Å². The fourth-order valence-electron chi connectivity index (χ4n) is 9.19. The third-order valence-corrected chi connectivity index (χ3v) is 13.8. The third-order valence-electron chi connectivity index (χ3n) is 13.8. The maximum absolute atomic E-state index is 12.7. The summed E-state index contributed by atoms with van der Waals surface area (Å²) in [6.07, 6.45) is 65.6. The van der Waals surface area contributed by atoms with E-state index in [-0.39, 0.29) is 31.1 Å². The Morgan fingerprint density at radius 1 is 0.284 bits per heavy atom. The Bertz CT molecular complexity index is 1040. The molecular weight excluding hydrogens is 829 g/mol. The molecule has 0 saturated carbocycles. The van der Waals surface area contributed by atoms with Crippen LogP contribution in [0.15, 0.2) is 12.2 Å². The molecule has 0 bridgehead atoms. The second-order valence-electron chi connectivity index (χ2n) is 20.6. The van der Waals surface area contributed by atoms with Crippen molar-refractivity contribution < 1.29 is 28.6 Å². The van der Waals surface area contributed by atoms with Crippen molar-refractivity contribution in [2.24, 2.45) is 0 Å². The standard InChI is InChI=1S/C61H116O6/c1-4-7-10-13-16-18-20-21-22-23-24-25-26-27-28-29-30-31-32-33-34-35-36-37-38-39-41-42-45-48-51-54-60(63)66-57-58(56-65-59(62)53-50-47-44-15-12-9-6-3)67-61(64)55-52-49-46-43-40-19-17-14-11-8-5-2/h14,17,58H,4-13,15-16,18-57H2,1-3H3/b17-14-. The molecule has 0 fully saturated rings. The lowest BCUT2D eigenvalue weighted by Crippen LogP contribution is -2.30. The Hall–Kier alpha value is -1.85. The highest BCUT2D eigenvalue weighted by Gasteiger charge is 2.19. The van der Waals surface area contributed by atoms with Crippen LogP contribution in [0.3, 0.4) is 0 Å². The molecule has 396 valence electrons. The van der Waals surface area contributed by atoms with Crippen molar-refractivity contribution in [3.05, 3.63) is 12.2 Å². The summed E-state index contributed by atoms with van der Waals surface area (Å²) in [7, 11) is 0. The molecule has 0 aromatic carbocycles. The van der Waals surface area contributed by atoms with Gasteiger partial charge in [0, 0.05) is 19.3 Å². The van der Waals surface area contributed by atoms with E-state index in [1.54, 1.807) is 0 Å². The number of carbonyl (C=O) groups excluding carboxylic acids is 3. The maximum atomic E-state index is 12.7. The largest absolute Gasteiger partial charge is 0.462 e. The van der Waals surface area contributed by atoms with Gasteiger partial charge in [0.25, 0.3) is 0 Å². The molecule has 1 unspecified atom stereocenters. The molecule has 0 aliphatic rings. The summed E-state index contributed by atoms with van der Waals surface area (Å²) in [5, 5.41) is 0. The van der Waals surface area contributed by atoms with E-state index in [4.69, 9.17) is 14.2 Å². The van der Waals surface area contributed by atoms with Gasteiger partial charge >= 0.3 is 17.9 Å². The van der Waals surface area contributed by atoms with Crippen LogP contribution >= 0.6 is 0 Å². The zero-order valence-corrected chi connectivity index (χ0v) is 45.5. The Morgan fingerprint density at radius 3 is 0.791 bits per heavy atom. The molecule has 0 aromatic heterocycles. The molecule has 1 atom stereocenters. The van der Waals surface area contributed by atoms with E-state index in [9.17, 15) is 14.4 Å². The topological polar surface area (TPSA) is 78.9 Å². The summed E-state index contributed by atoms with van der Waals surface area (Å²) in [6.45, 7) is 6.60. The first kappa shape index (κ1) is 65.1. The fraction of sp³-hybridized carbons (Fsp3) is 0.918. The van der Waals surface area contributed by atoms with E-state index in [2.05, 4.69) is 32.9 Å². The lowest BCUT2D eigenvalue weighted by atomic mass is 10.0. The maximum Gasteiger partial charge on any atom is 0.306 e. The smallest absolute Gasteiger partial charge is 0.306 e. The van der Waals surface area contributed by atoms with Crippen molar-refractivity contribution >= 4 is 17.9 Å². The van der Waals surface area contributed by atoms with Gasteiger partial charge in [-0.05, 0) is 38.5 Å². The molecule has 0 aromatic rings. The van der Waals surface area contributed by atoms with Gasteiger partial charge in [0.15, 0.2) is 6.10 Å². The van der Waals surface area contributed by atoms with E-state index in [1.807, 2.05) is 0 Å². The van der Waals surface area contributed by atoms with Crippen LogP contribution in [0.2, 0.25) is 0 Å². The normalized spacial score (nSPS) is 12.0. The van der Waals surface area contributed by atoms with Gasteiger partial charge in [-0.1, -0.05) is 296 Å². The molecule has 0 saturated heterocycles. The predicted molar refractivity (Wildman–Crippen MR) is 289 cm³/mol. The number of unbranched alkanes of at least 4 members (excludes halogenated alkanes) is 43. The van der Waals surface area contributed by atoms with Crippen LogP contribution in [-0.2, 0) is 28.6 Å². The Balaban J connectivity index is 3.89. The minimum Gasteiger partial charge on any atom is -0.462 e. The first-order chi connectivity index (χ1) is 33.0. The average Bonchev–Trinajstić information content (AvgIpc) is 3.33. The van der Waals surface area contributed by atoms with Crippen LogP contribution in [0.25, 0.3) is 0 Å². The summed E-state index contributed by atoms with van der Waals surface area (Å²) in [6, 6.07) is 0. The Morgan fingerprint density at radius 2 is 0.507 bits per heavy atom. The zero-order chi connectivity index (χ0) is 48.6. The fourth-order valence-corrected chi connectivity index (χ4v) is 9.19. The number of hydrogen-bond acceptors (Lipinski definition) is 6. The van der Waals surface area contributed by atoms with Gasteiger partial charge in [0.2, 0.25) is 0 Å². The molecule has 0 rings (SSSR count). The molecule has 0 aliphatic heterocycles. The number of esters is 3. The predicted octanol–water partition coefficient (Wildman–Crippen LogP) is 20.1. The molecule has 0 aliphatic carbocycles. The summed E-state index contributed by atoms with van der Waals surface area (Å²) >= 11 is 0. The van der Waals surface area contributed by atoms with Crippen molar-refractivity contribution in [2.75, 3.05) is 13.2 Å². The van der Waals surface area contributed by atoms with E-state index in [0.29, 0.717) is 19.3 Å². The third kappa shape index (κ3) is 55.0. The number of hydrogen-bond donors (Lipinski definition) is 0. The SMILES string of the molecule is CCCC/C=C\CCCCCCCC(=O)OC(COC(=O)CCCCCCCCC)COC(=O)CCCCCCCCCCCCCCCCCCCCCCCCCCCCCCCCC. The van der Waals surface area contributed by atoms with Crippen molar-refractivity contribution in [3.8, 4) is 0 Å². The van der Waals surface area contributed by atoms with Crippen LogP contribution in [0.5, 0.6) is 0 Å². The zero-order valence-electron chi connectivity index (χ0n) is 45.5. The van der Waals surface area contributed by atoms with Gasteiger partial charge in [-0.25, -0.2) is 0 Å². The molecule has 0 heterocycles. The first-order valence-corrected chi connectivity index (χ1v) is 30.2. The summed E-state index contributed by atoms with van der Waals surface area (Å²) < 4.78 is 16.7. The van der Waals surface area contributed by atoms with Crippen molar-refractivity contribution in [2.45, 2.75) is 348 Å². The van der Waals surface area contributed by atoms with Crippen LogP contribution in [0, 0.1) is 0 Å². The van der Waals surface area contributed by atoms with Crippen molar-refractivity contribution in [1.82, 2.24) is 0 Å². The second-order valence-corrected chi connectivity index (χ2v) is 20.6. The number of rotatable bonds is 56. The number of carbonyl (C=O) groups is 3. The molecule has 0 amide bonds. The van der Waals surface area contributed by atoms with Gasteiger partial charge in [-0.3, -0.25) is 14.4 Å². The first-order valence-electron chi connectivity index (χ1n) is 30.2. The molecule has 6 nitrogen and oxygen atoms in total. The van der Waals surface area contributed by atoms with Crippen LogP contribution in [0.4, 0.5) is 0 Å². The molecule has 6 heteroatoms. The summed E-state index contributed by atoms with van der Waals surface area (Å²) in [5.41, 5.74) is 0. The number of ether oxygens (including phenoxy) is 3. The van der Waals surface area contributed by atoms with Crippen LogP contribution in [-0.4, -0.2) is 37.2 Å². The van der Waals surface area contributed by atoms with Crippen LogP contribution in [0.1, 0.15) is 342 Å². The number of allylic oxidation sites excluding steroid dienone is 2. The minimum absolute atomic E-state index is 0.0688. The molecule has 0 radical (unpaired) electrons. The van der Waals surface area contributed by atoms with Gasteiger partial charge < -0.3 is 14.2 Å². The highest BCUT2D eigenvalue weighted by atomic mass is 16.6. The second kappa shape index (κ2) is 56.7. The lowest BCUT2D eigenvalue weighted by Gasteiger charge is -2.18. The van der Waals surface area contributed by atoms with Crippen molar-refractivity contribution in [3.63, 3.8) is 0 Å². The Kier molecular flexibility index (Phi) is 55.2. The monoisotopic (exact) mass is 945 g/mol. The molecule has 0 N–H and O–H groups in total. The molecule has 0 spiro atoms. The highest BCUT2D eigenvalue weighted by Crippen LogP contribution is 2.18. The van der Waals surface area contributed by atoms with Crippen molar-refractivity contribution in [1.29, 1.82) is 0 Å². The lowest BCUT2D eigenvalue weighted by molar-refractivity contribution is -0.167. The van der Waals surface area contributed by atoms with E-state index < -0.39 is 6.10 Å². The summed E-state index contributed by atoms with van der Waals surface area (Å²) in [4.78, 5) is 37.8. The van der Waals surface area contributed by atoms with E-state index in [0.717, 1.165) is 64.2 Å². The molecular formula is C61H116O6. The average molecular weight is 946 g/mol. The van der Waals surface area contributed by atoms with Gasteiger partial charge in [-0.15, -0.1) is 0 Å². The molecule has 67 heavy (non-hydrogen) atoms. The minimum atomic E-state index is -0.766. The van der Waals surface area contributed by atoms with Gasteiger partial charge in [0.1, 0.15) is 13.2 Å².